The SMILES string of the molecule is Cc1cc(CC(C)N)cnc1N1CCC(C)CC1. The van der Waals surface area contributed by atoms with E-state index >= 15 is 0 Å². The number of nitrogens with zero attached hydrogens (tertiary/aromatic N) is 2. The number of rotatable bonds is 3. The highest BCUT2D eigenvalue weighted by Gasteiger charge is 2.18. The molecule has 1 fully saturated rings. The molecule has 1 saturated heterocycles. The minimum atomic E-state index is 0.202. The molecule has 3 nitrogen and oxygen atoms in total. The Morgan fingerprint density at radius 2 is 2.11 bits per heavy atom. The second-order valence-electron chi connectivity index (χ2n) is 5.84. The van der Waals surface area contributed by atoms with Crippen LogP contribution in [0.25, 0.3) is 0 Å². The Hall–Kier alpha value is -1.09. The van der Waals surface area contributed by atoms with E-state index in [0.717, 1.165) is 31.2 Å². The highest BCUT2D eigenvalue weighted by Crippen LogP contribution is 2.24. The highest BCUT2D eigenvalue weighted by atomic mass is 15.2. The molecule has 0 amide bonds. The number of piperidine rings is 1. The molecule has 0 bridgehead atoms. The van der Waals surface area contributed by atoms with E-state index in [9.17, 15) is 0 Å². The van der Waals surface area contributed by atoms with Crippen LogP contribution >= 0.6 is 0 Å². The highest BCUT2D eigenvalue weighted by molar-refractivity contribution is 5.47. The first-order valence-electron chi connectivity index (χ1n) is 7.02. The van der Waals surface area contributed by atoms with Crippen LogP contribution in [0.4, 0.5) is 5.82 Å². The van der Waals surface area contributed by atoms with E-state index in [1.165, 1.54) is 24.0 Å². The van der Waals surface area contributed by atoms with E-state index in [4.69, 9.17) is 5.73 Å². The molecule has 1 aromatic heterocycles. The van der Waals surface area contributed by atoms with E-state index in [0.29, 0.717) is 0 Å². The molecule has 2 rings (SSSR count). The molecule has 1 aromatic rings. The van der Waals surface area contributed by atoms with Crippen LogP contribution in [0.2, 0.25) is 0 Å². The molecule has 18 heavy (non-hydrogen) atoms. The number of anilines is 1. The first-order valence-corrected chi connectivity index (χ1v) is 7.02. The zero-order valence-corrected chi connectivity index (χ0v) is 11.8. The van der Waals surface area contributed by atoms with Crippen molar-refractivity contribution in [2.24, 2.45) is 11.7 Å². The number of hydrogen-bond donors (Lipinski definition) is 1. The van der Waals surface area contributed by atoms with Gasteiger partial charge in [0.05, 0.1) is 0 Å². The second-order valence-corrected chi connectivity index (χ2v) is 5.84. The average molecular weight is 247 g/mol. The van der Waals surface area contributed by atoms with Crippen molar-refractivity contribution < 1.29 is 0 Å². The van der Waals surface area contributed by atoms with E-state index in [1.54, 1.807) is 0 Å². The van der Waals surface area contributed by atoms with Crippen molar-refractivity contribution in [2.45, 2.75) is 46.1 Å². The van der Waals surface area contributed by atoms with Gasteiger partial charge >= 0.3 is 0 Å². The number of aryl methyl sites for hydroxylation is 1. The third-order valence-corrected chi connectivity index (χ3v) is 3.75. The maximum atomic E-state index is 5.83. The Labute approximate surface area is 110 Å². The molecule has 2 heterocycles. The molecule has 0 aliphatic carbocycles. The molecule has 0 saturated carbocycles. The van der Waals surface area contributed by atoms with Gasteiger partial charge in [-0.05, 0) is 50.2 Å². The molecule has 0 spiro atoms. The fourth-order valence-corrected chi connectivity index (χ4v) is 2.66. The smallest absolute Gasteiger partial charge is 0.131 e. The summed E-state index contributed by atoms with van der Waals surface area (Å²) in [7, 11) is 0. The minimum absolute atomic E-state index is 0.202. The molecule has 0 radical (unpaired) electrons. The standard InChI is InChI=1S/C15H25N3/c1-11-4-6-18(7-5-11)15-12(2)8-14(10-17-15)9-13(3)16/h8,10-11,13H,4-7,9,16H2,1-3H3. The summed E-state index contributed by atoms with van der Waals surface area (Å²) in [4.78, 5) is 7.07. The zero-order chi connectivity index (χ0) is 13.1. The van der Waals surface area contributed by atoms with E-state index in [1.807, 2.05) is 13.1 Å². The van der Waals surface area contributed by atoms with Gasteiger partial charge in [0.15, 0.2) is 0 Å². The molecule has 100 valence electrons. The van der Waals surface area contributed by atoms with Gasteiger partial charge in [-0.1, -0.05) is 13.0 Å². The van der Waals surface area contributed by atoms with Gasteiger partial charge in [0.2, 0.25) is 0 Å². The van der Waals surface area contributed by atoms with Gasteiger partial charge in [0.1, 0.15) is 5.82 Å². The largest absolute Gasteiger partial charge is 0.356 e. The van der Waals surface area contributed by atoms with E-state index in [2.05, 4.69) is 29.8 Å². The summed E-state index contributed by atoms with van der Waals surface area (Å²) in [5, 5.41) is 0. The monoisotopic (exact) mass is 247 g/mol. The Morgan fingerprint density at radius 3 is 2.67 bits per heavy atom. The zero-order valence-electron chi connectivity index (χ0n) is 11.8. The predicted molar refractivity (Wildman–Crippen MR) is 76.9 cm³/mol. The number of nitrogens with two attached hydrogens (primary N) is 1. The summed E-state index contributed by atoms with van der Waals surface area (Å²) in [5.74, 6) is 2.02. The first kappa shape index (κ1) is 13.3. The minimum Gasteiger partial charge on any atom is -0.356 e. The Kier molecular flexibility index (Phi) is 4.23. The van der Waals surface area contributed by atoms with Crippen LogP contribution in [-0.2, 0) is 6.42 Å². The summed E-state index contributed by atoms with van der Waals surface area (Å²) < 4.78 is 0. The molecule has 1 aliphatic heterocycles. The van der Waals surface area contributed by atoms with Crippen LogP contribution in [0.5, 0.6) is 0 Å². The lowest BCUT2D eigenvalue weighted by molar-refractivity contribution is 0.436. The van der Waals surface area contributed by atoms with Crippen LogP contribution in [0.3, 0.4) is 0 Å². The average Bonchev–Trinajstić information content (AvgIpc) is 2.30. The predicted octanol–water partition coefficient (Wildman–Crippen LogP) is 2.52. The van der Waals surface area contributed by atoms with Crippen LogP contribution in [0.15, 0.2) is 12.3 Å². The molecular formula is C15H25N3. The first-order chi connectivity index (χ1) is 8.56. The third-order valence-electron chi connectivity index (χ3n) is 3.75. The lowest BCUT2D eigenvalue weighted by Gasteiger charge is -2.32. The number of aromatic nitrogens is 1. The van der Waals surface area contributed by atoms with Crippen molar-refractivity contribution >= 4 is 5.82 Å². The molecule has 3 heteroatoms. The normalized spacial score (nSPS) is 19.0. The van der Waals surface area contributed by atoms with Gasteiger partial charge in [0.25, 0.3) is 0 Å². The molecule has 2 N–H and O–H groups in total. The van der Waals surface area contributed by atoms with E-state index < -0.39 is 0 Å². The lowest BCUT2D eigenvalue weighted by Crippen LogP contribution is -2.34. The van der Waals surface area contributed by atoms with Gasteiger partial charge < -0.3 is 10.6 Å². The Bertz CT molecular complexity index is 393. The van der Waals surface area contributed by atoms with Gasteiger partial charge in [-0.3, -0.25) is 0 Å². The van der Waals surface area contributed by atoms with Gasteiger partial charge in [0, 0.05) is 25.3 Å². The Morgan fingerprint density at radius 1 is 1.44 bits per heavy atom. The number of hydrogen-bond acceptors (Lipinski definition) is 3. The van der Waals surface area contributed by atoms with Crippen molar-refractivity contribution in [1.82, 2.24) is 4.98 Å². The molecule has 1 atom stereocenters. The molecule has 0 aromatic carbocycles. The van der Waals surface area contributed by atoms with Crippen LogP contribution < -0.4 is 10.6 Å². The topological polar surface area (TPSA) is 42.1 Å². The summed E-state index contributed by atoms with van der Waals surface area (Å²) in [6.45, 7) is 8.81. The second kappa shape index (κ2) is 5.70. The van der Waals surface area contributed by atoms with Crippen molar-refractivity contribution in [3.8, 4) is 0 Å². The summed E-state index contributed by atoms with van der Waals surface area (Å²) in [6, 6.07) is 2.44. The summed E-state index contributed by atoms with van der Waals surface area (Å²) >= 11 is 0. The lowest BCUT2D eigenvalue weighted by atomic mass is 9.99. The fraction of sp³-hybridized carbons (Fsp3) is 0.667. The molecule has 1 aliphatic rings. The van der Waals surface area contributed by atoms with Gasteiger partial charge in [-0.2, -0.15) is 0 Å². The van der Waals surface area contributed by atoms with E-state index in [-0.39, 0.29) is 6.04 Å². The third kappa shape index (κ3) is 3.22. The van der Waals surface area contributed by atoms with Crippen LogP contribution in [-0.4, -0.2) is 24.1 Å². The summed E-state index contributed by atoms with van der Waals surface area (Å²) in [6.07, 6.45) is 5.46. The molecular weight excluding hydrogens is 222 g/mol. The van der Waals surface area contributed by atoms with Crippen molar-refractivity contribution in [3.05, 3.63) is 23.4 Å². The Balaban J connectivity index is 2.09. The maximum Gasteiger partial charge on any atom is 0.131 e. The van der Waals surface area contributed by atoms with Gasteiger partial charge in [-0.25, -0.2) is 4.98 Å². The van der Waals surface area contributed by atoms with Crippen molar-refractivity contribution in [1.29, 1.82) is 0 Å². The maximum absolute atomic E-state index is 5.83. The summed E-state index contributed by atoms with van der Waals surface area (Å²) in [5.41, 5.74) is 8.36. The van der Waals surface area contributed by atoms with Gasteiger partial charge in [-0.15, -0.1) is 0 Å². The van der Waals surface area contributed by atoms with Crippen LogP contribution in [0.1, 0.15) is 37.8 Å². The van der Waals surface area contributed by atoms with Crippen molar-refractivity contribution in [3.63, 3.8) is 0 Å². The molecule has 1 unspecified atom stereocenters. The number of pyridine rings is 1. The van der Waals surface area contributed by atoms with Crippen molar-refractivity contribution in [2.75, 3.05) is 18.0 Å². The van der Waals surface area contributed by atoms with Crippen LogP contribution in [0, 0.1) is 12.8 Å². The quantitative estimate of drug-likeness (QED) is 0.892. The fourth-order valence-electron chi connectivity index (χ4n) is 2.66.